The van der Waals surface area contributed by atoms with Crippen LogP contribution in [0.5, 0.6) is 0 Å². The molecule has 2 aromatic rings. The minimum absolute atomic E-state index is 0.457. The molecule has 3 nitrogen and oxygen atoms in total. The van der Waals surface area contributed by atoms with Gasteiger partial charge in [-0.25, -0.2) is 0 Å². The molecule has 1 atom stereocenters. The molecule has 114 valence electrons. The van der Waals surface area contributed by atoms with Crippen LogP contribution in [-0.4, -0.2) is 26.7 Å². The van der Waals surface area contributed by atoms with Gasteiger partial charge in [-0.2, -0.15) is 5.10 Å². The van der Waals surface area contributed by atoms with Crippen molar-refractivity contribution in [2.24, 2.45) is 0 Å². The van der Waals surface area contributed by atoms with Gasteiger partial charge in [0.25, 0.3) is 0 Å². The molecule has 0 saturated heterocycles. The number of hydrogen-bond acceptors (Lipinski definition) is 3. The van der Waals surface area contributed by atoms with Crippen molar-refractivity contribution >= 4 is 39.3 Å². The largest absolute Gasteiger partial charge is 0.392 e. The summed E-state index contributed by atoms with van der Waals surface area (Å²) >= 11 is 11.4. The van der Waals surface area contributed by atoms with Gasteiger partial charge in [0.15, 0.2) is 0 Å². The van der Waals surface area contributed by atoms with Gasteiger partial charge >= 0.3 is 0 Å². The summed E-state index contributed by atoms with van der Waals surface area (Å²) in [5, 5.41) is 15.3. The van der Waals surface area contributed by atoms with E-state index in [-0.39, 0.29) is 0 Å². The maximum atomic E-state index is 10.3. The summed E-state index contributed by atoms with van der Waals surface area (Å²) in [6, 6.07) is 8.01. The van der Waals surface area contributed by atoms with E-state index in [2.05, 4.69) is 21.0 Å². The summed E-state index contributed by atoms with van der Waals surface area (Å²) in [4.78, 5) is 1.13. The van der Waals surface area contributed by atoms with Crippen molar-refractivity contribution in [3.05, 3.63) is 45.1 Å². The van der Waals surface area contributed by atoms with Crippen LogP contribution in [0.15, 0.2) is 33.6 Å². The van der Waals surface area contributed by atoms with E-state index < -0.39 is 6.10 Å². The molecule has 0 saturated carbocycles. The number of benzene rings is 1. The van der Waals surface area contributed by atoms with Crippen molar-refractivity contribution in [1.29, 1.82) is 0 Å². The summed E-state index contributed by atoms with van der Waals surface area (Å²) in [7, 11) is 0. The summed E-state index contributed by atoms with van der Waals surface area (Å²) in [5.74, 6) is 0.618. The lowest BCUT2D eigenvalue weighted by Gasteiger charge is -2.12. The van der Waals surface area contributed by atoms with Crippen molar-refractivity contribution in [1.82, 2.24) is 9.78 Å². The lowest BCUT2D eigenvalue weighted by molar-refractivity contribution is 0.197. The predicted molar refractivity (Wildman–Crippen MR) is 92.2 cm³/mol. The molecule has 1 heterocycles. The quantitative estimate of drug-likeness (QED) is 0.748. The van der Waals surface area contributed by atoms with Gasteiger partial charge in [0.1, 0.15) is 0 Å². The van der Waals surface area contributed by atoms with Gasteiger partial charge < -0.3 is 5.11 Å². The highest BCUT2D eigenvalue weighted by molar-refractivity contribution is 9.10. The monoisotopic (exact) mass is 388 g/mol. The zero-order valence-electron chi connectivity index (χ0n) is 12.0. The molecule has 1 unspecified atom stereocenters. The predicted octanol–water partition coefficient (Wildman–Crippen LogP) is 4.32. The Labute approximate surface area is 142 Å². The molecule has 0 aliphatic rings. The molecule has 1 N–H and O–H groups in total. The van der Waals surface area contributed by atoms with Crippen LogP contribution in [0, 0.1) is 6.92 Å². The highest BCUT2D eigenvalue weighted by atomic mass is 79.9. The molecule has 0 fully saturated rings. The number of aromatic nitrogens is 2. The molecule has 1 aromatic heterocycles. The molecule has 0 spiro atoms. The number of nitrogens with zero attached hydrogens (tertiary/aromatic N) is 2. The maximum Gasteiger partial charge on any atom is 0.0848 e. The van der Waals surface area contributed by atoms with Gasteiger partial charge in [0.2, 0.25) is 0 Å². The third-order valence-corrected chi connectivity index (χ3v) is 5.81. The first kappa shape index (κ1) is 16.9. The molecule has 0 aliphatic heterocycles. The van der Waals surface area contributed by atoms with E-state index in [4.69, 9.17) is 11.6 Å². The molecule has 0 radical (unpaired) electrons. The topological polar surface area (TPSA) is 38.0 Å². The molecular formula is C15H18BrClN2OS. The number of aliphatic hydroxyl groups is 1. The van der Waals surface area contributed by atoms with E-state index in [1.165, 1.54) is 0 Å². The van der Waals surface area contributed by atoms with Crippen LogP contribution in [-0.2, 0) is 13.0 Å². The Morgan fingerprint density at radius 2 is 2.14 bits per heavy atom. The van der Waals surface area contributed by atoms with Crippen molar-refractivity contribution in [3.63, 3.8) is 0 Å². The summed E-state index contributed by atoms with van der Waals surface area (Å²) < 4.78 is 2.92. The molecular weight excluding hydrogens is 372 g/mol. The Hall–Kier alpha value is -0.490. The molecule has 1 aromatic carbocycles. The van der Waals surface area contributed by atoms with Crippen LogP contribution in [0.3, 0.4) is 0 Å². The van der Waals surface area contributed by atoms with Crippen LogP contribution in [0.4, 0.5) is 0 Å². The smallest absolute Gasteiger partial charge is 0.0848 e. The average Bonchev–Trinajstić information content (AvgIpc) is 2.74. The van der Waals surface area contributed by atoms with Crippen LogP contribution in [0.1, 0.15) is 18.3 Å². The van der Waals surface area contributed by atoms with E-state index in [9.17, 15) is 5.11 Å². The number of aryl methyl sites for hydroxylation is 2. The van der Waals surface area contributed by atoms with E-state index in [1.807, 2.05) is 42.8 Å². The van der Waals surface area contributed by atoms with Gasteiger partial charge in [0.05, 0.1) is 22.5 Å². The highest BCUT2D eigenvalue weighted by Crippen LogP contribution is 2.28. The normalized spacial score (nSPS) is 12.6. The molecule has 21 heavy (non-hydrogen) atoms. The fourth-order valence-electron chi connectivity index (χ4n) is 2.09. The number of rotatable bonds is 6. The zero-order chi connectivity index (χ0) is 15.4. The van der Waals surface area contributed by atoms with Crippen molar-refractivity contribution in [3.8, 4) is 0 Å². The Morgan fingerprint density at radius 3 is 2.81 bits per heavy atom. The summed E-state index contributed by atoms with van der Waals surface area (Å²) in [5.41, 5.74) is 1.73. The lowest BCUT2D eigenvalue weighted by Crippen LogP contribution is -2.17. The Balaban J connectivity index is 1.99. The SMILES string of the molecule is CCn1nc(C)c(Cl)c1CC(O)CSc1ccccc1Br. The van der Waals surface area contributed by atoms with Crippen LogP contribution in [0.2, 0.25) is 5.02 Å². The zero-order valence-corrected chi connectivity index (χ0v) is 15.2. The van der Waals surface area contributed by atoms with Crippen molar-refractivity contribution in [2.75, 3.05) is 5.75 Å². The van der Waals surface area contributed by atoms with Gasteiger partial charge in [-0.05, 0) is 41.9 Å². The molecule has 2 rings (SSSR count). The second-order valence-corrected chi connectivity index (χ2v) is 7.06. The van der Waals surface area contributed by atoms with Gasteiger partial charge in [-0.1, -0.05) is 23.7 Å². The number of aliphatic hydroxyl groups excluding tert-OH is 1. The minimum atomic E-state index is -0.457. The van der Waals surface area contributed by atoms with E-state index in [0.717, 1.165) is 27.3 Å². The molecule has 6 heteroatoms. The highest BCUT2D eigenvalue weighted by Gasteiger charge is 2.17. The first-order valence-electron chi connectivity index (χ1n) is 6.80. The van der Waals surface area contributed by atoms with Gasteiger partial charge in [-0.15, -0.1) is 11.8 Å². The second-order valence-electron chi connectivity index (χ2n) is 4.76. The third kappa shape index (κ3) is 4.25. The van der Waals surface area contributed by atoms with Crippen molar-refractivity contribution in [2.45, 2.75) is 37.8 Å². The third-order valence-electron chi connectivity index (χ3n) is 3.15. The molecule has 0 amide bonds. The Morgan fingerprint density at radius 1 is 1.43 bits per heavy atom. The first-order chi connectivity index (χ1) is 10.0. The summed E-state index contributed by atoms with van der Waals surface area (Å²) in [6.07, 6.45) is 0.0614. The Bertz CT molecular complexity index is 618. The standard InChI is InChI=1S/C15H18BrClN2OS/c1-3-19-13(15(17)10(2)18-19)8-11(20)9-21-14-7-5-4-6-12(14)16/h4-7,11,20H,3,8-9H2,1-2H3. The van der Waals surface area contributed by atoms with E-state index in [0.29, 0.717) is 17.2 Å². The van der Waals surface area contributed by atoms with E-state index in [1.54, 1.807) is 11.8 Å². The Kier molecular flexibility index (Phi) is 6.17. The summed E-state index contributed by atoms with van der Waals surface area (Å²) in [6.45, 7) is 4.67. The first-order valence-corrected chi connectivity index (χ1v) is 8.95. The van der Waals surface area contributed by atoms with Crippen molar-refractivity contribution < 1.29 is 5.11 Å². The maximum absolute atomic E-state index is 10.3. The van der Waals surface area contributed by atoms with Gasteiger partial charge in [-0.3, -0.25) is 4.68 Å². The number of halogens is 2. The molecule has 0 bridgehead atoms. The average molecular weight is 390 g/mol. The van der Waals surface area contributed by atoms with Gasteiger partial charge in [0, 0.05) is 28.1 Å². The fourth-order valence-corrected chi connectivity index (χ4v) is 3.81. The minimum Gasteiger partial charge on any atom is -0.392 e. The lowest BCUT2D eigenvalue weighted by atomic mass is 10.2. The fraction of sp³-hybridized carbons (Fsp3) is 0.400. The molecule has 0 aliphatic carbocycles. The number of thioether (sulfide) groups is 1. The van der Waals surface area contributed by atoms with E-state index >= 15 is 0 Å². The number of hydrogen-bond donors (Lipinski definition) is 1. The van der Waals surface area contributed by atoms with Crippen LogP contribution >= 0.6 is 39.3 Å². The van der Waals surface area contributed by atoms with Crippen LogP contribution < -0.4 is 0 Å². The second kappa shape index (κ2) is 7.68. The van der Waals surface area contributed by atoms with Crippen LogP contribution in [0.25, 0.3) is 0 Å².